The van der Waals surface area contributed by atoms with Crippen molar-refractivity contribution in [1.82, 2.24) is 10.2 Å². The summed E-state index contributed by atoms with van der Waals surface area (Å²) in [5.74, 6) is 0.712. The Labute approximate surface area is 138 Å². The molecule has 5 nitrogen and oxygen atoms in total. The zero-order valence-electron chi connectivity index (χ0n) is 11.8. The number of aromatic hydroxyl groups is 1. The summed E-state index contributed by atoms with van der Waals surface area (Å²) in [5, 5.41) is 18.7. The second-order valence-electron chi connectivity index (χ2n) is 4.50. The topological polar surface area (TPSA) is 76.2 Å². The second kappa shape index (κ2) is 6.31. The number of nitrogens with zero attached hydrogens (tertiary/aromatic N) is 2. The Hall–Kier alpha value is -1.51. The number of phenols is 1. The highest BCUT2D eigenvalue weighted by Crippen LogP contribution is 2.33. The standard InChI is InChI=1S/C14H12N2O3S3/c1-7-10(17)4-3-9-8(5-11(18)19-12(7)9)6-21-14-16-15-13(20-2)22-14/h3-5,17H,6H2,1-2H3. The zero-order chi connectivity index (χ0) is 15.7. The van der Waals surface area contributed by atoms with Crippen molar-refractivity contribution >= 4 is 45.8 Å². The molecule has 0 aliphatic carbocycles. The van der Waals surface area contributed by atoms with Crippen LogP contribution in [-0.2, 0) is 5.75 Å². The number of thioether (sulfide) groups is 2. The summed E-state index contributed by atoms with van der Waals surface area (Å²) in [6, 6.07) is 4.87. The summed E-state index contributed by atoms with van der Waals surface area (Å²) in [5.41, 5.74) is 1.45. The molecular formula is C14H12N2O3S3. The number of fused-ring (bicyclic) bond motifs is 1. The van der Waals surface area contributed by atoms with Gasteiger partial charge in [-0.25, -0.2) is 4.79 Å². The van der Waals surface area contributed by atoms with Crippen LogP contribution in [-0.4, -0.2) is 21.6 Å². The lowest BCUT2D eigenvalue weighted by atomic mass is 10.1. The van der Waals surface area contributed by atoms with Crippen LogP contribution in [0.1, 0.15) is 11.1 Å². The van der Waals surface area contributed by atoms with E-state index in [9.17, 15) is 9.90 Å². The predicted octanol–water partition coefficient (Wildman–Crippen LogP) is 3.67. The van der Waals surface area contributed by atoms with Gasteiger partial charge in [-0.3, -0.25) is 0 Å². The number of hydrogen-bond acceptors (Lipinski definition) is 8. The third-order valence-corrected chi connectivity index (χ3v) is 6.21. The minimum Gasteiger partial charge on any atom is -0.508 e. The van der Waals surface area contributed by atoms with E-state index in [1.54, 1.807) is 30.8 Å². The Morgan fingerprint density at radius 2 is 2.09 bits per heavy atom. The van der Waals surface area contributed by atoms with Crippen molar-refractivity contribution in [2.45, 2.75) is 21.4 Å². The van der Waals surface area contributed by atoms with Gasteiger partial charge in [-0.15, -0.1) is 10.2 Å². The molecule has 1 aromatic carbocycles. The first-order valence-corrected chi connectivity index (χ1v) is 9.37. The quantitative estimate of drug-likeness (QED) is 0.567. The van der Waals surface area contributed by atoms with Crippen LogP contribution in [0.25, 0.3) is 11.0 Å². The van der Waals surface area contributed by atoms with Crippen molar-refractivity contribution in [3.63, 3.8) is 0 Å². The maximum atomic E-state index is 11.7. The molecular weight excluding hydrogens is 340 g/mol. The highest BCUT2D eigenvalue weighted by Gasteiger charge is 2.12. The Bertz CT molecular complexity index is 889. The smallest absolute Gasteiger partial charge is 0.336 e. The Kier molecular flexibility index (Phi) is 4.42. The maximum Gasteiger partial charge on any atom is 0.336 e. The van der Waals surface area contributed by atoms with Crippen LogP contribution in [0, 0.1) is 6.92 Å². The molecule has 2 aromatic heterocycles. The van der Waals surface area contributed by atoms with Crippen LogP contribution in [0.4, 0.5) is 0 Å². The third-order valence-electron chi connectivity index (χ3n) is 3.13. The molecule has 0 fully saturated rings. The highest BCUT2D eigenvalue weighted by atomic mass is 32.2. The van der Waals surface area contributed by atoms with Crippen LogP contribution in [0.5, 0.6) is 5.75 Å². The minimum atomic E-state index is -0.418. The maximum absolute atomic E-state index is 11.7. The van der Waals surface area contributed by atoms with Gasteiger partial charge >= 0.3 is 5.63 Å². The van der Waals surface area contributed by atoms with Gasteiger partial charge in [0.15, 0.2) is 8.68 Å². The fourth-order valence-corrected chi connectivity index (χ4v) is 4.44. The highest BCUT2D eigenvalue weighted by molar-refractivity contribution is 8.02. The molecule has 22 heavy (non-hydrogen) atoms. The van der Waals surface area contributed by atoms with Gasteiger partial charge in [-0.05, 0) is 30.9 Å². The summed E-state index contributed by atoms with van der Waals surface area (Å²) in [4.78, 5) is 11.7. The van der Waals surface area contributed by atoms with E-state index in [0.29, 0.717) is 16.9 Å². The van der Waals surface area contributed by atoms with Crippen molar-refractivity contribution in [2.75, 3.05) is 6.26 Å². The molecule has 0 amide bonds. The predicted molar refractivity (Wildman–Crippen MR) is 90.1 cm³/mol. The van der Waals surface area contributed by atoms with Crippen LogP contribution in [0.3, 0.4) is 0 Å². The average Bonchev–Trinajstić information content (AvgIpc) is 2.97. The first-order valence-electron chi connectivity index (χ1n) is 6.34. The molecule has 0 saturated heterocycles. The lowest BCUT2D eigenvalue weighted by Crippen LogP contribution is -2.00. The fourth-order valence-electron chi connectivity index (χ4n) is 2.01. The molecule has 2 heterocycles. The molecule has 1 N–H and O–H groups in total. The molecule has 3 rings (SSSR count). The molecule has 0 radical (unpaired) electrons. The monoisotopic (exact) mass is 352 g/mol. The molecule has 114 valence electrons. The Morgan fingerprint density at radius 3 is 2.82 bits per heavy atom. The van der Waals surface area contributed by atoms with Crippen molar-refractivity contribution in [2.24, 2.45) is 0 Å². The largest absolute Gasteiger partial charge is 0.508 e. The van der Waals surface area contributed by atoms with E-state index < -0.39 is 5.63 Å². The van der Waals surface area contributed by atoms with Crippen molar-refractivity contribution in [3.8, 4) is 5.75 Å². The molecule has 3 aromatic rings. The lowest BCUT2D eigenvalue weighted by molar-refractivity contribution is 0.468. The summed E-state index contributed by atoms with van der Waals surface area (Å²) in [7, 11) is 0. The number of hydrogen-bond donors (Lipinski definition) is 1. The lowest BCUT2D eigenvalue weighted by Gasteiger charge is -2.07. The van der Waals surface area contributed by atoms with Gasteiger partial charge in [0.2, 0.25) is 0 Å². The third kappa shape index (κ3) is 2.99. The van der Waals surface area contributed by atoms with E-state index in [1.165, 1.54) is 29.2 Å². The number of aromatic nitrogens is 2. The molecule has 0 saturated carbocycles. The first-order chi connectivity index (χ1) is 10.6. The van der Waals surface area contributed by atoms with Crippen LogP contribution < -0.4 is 5.63 Å². The number of aryl methyl sites for hydroxylation is 1. The summed E-state index contributed by atoms with van der Waals surface area (Å²) < 4.78 is 7.01. The summed E-state index contributed by atoms with van der Waals surface area (Å²) in [6.45, 7) is 1.73. The molecule has 0 atom stereocenters. The van der Waals surface area contributed by atoms with E-state index in [-0.39, 0.29) is 5.75 Å². The van der Waals surface area contributed by atoms with Gasteiger partial charge in [0.1, 0.15) is 11.3 Å². The molecule has 0 aliphatic heterocycles. The SMILES string of the molecule is CSc1nnc(SCc2cc(=O)oc3c(C)c(O)ccc23)s1. The van der Waals surface area contributed by atoms with E-state index in [4.69, 9.17) is 4.42 Å². The van der Waals surface area contributed by atoms with E-state index >= 15 is 0 Å². The van der Waals surface area contributed by atoms with Crippen LogP contribution in [0.15, 0.2) is 36.1 Å². The molecule has 0 bridgehead atoms. The summed E-state index contributed by atoms with van der Waals surface area (Å²) in [6.07, 6.45) is 1.96. The second-order valence-corrected chi connectivity index (χ2v) is 7.76. The molecule has 0 aliphatic rings. The van der Waals surface area contributed by atoms with Crippen LogP contribution in [0.2, 0.25) is 0 Å². The average molecular weight is 352 g/mol. The molecule has 8 heteroatoms. The van der Waals surface area contributed by atoms with Gasteiger partial charge in [0, 0.05) is 22.8 Å². The molecule has 0 unspecified atom stereocenters. The fraction of sp³-hybridized carbons (Fsp3) is 0.214. The van der Waals surface area contributed by atoms with E-state index in [0.717, 1.165) is 19.6 Å². The zero-order valence-corrected chi connectivity index (χ0v) is 14.3. The first kappa shape index (κ1) is 15.4. The van der Waals surface area contributed by atoms with E-state index in [1.807, 2.05) is 6.26 Å². The van der Waals surface area contributed by atoms with Gasteiger partial charge in [-0.2, -0.15) is 0 Å². The van der Waals surface area contributed by atoms with Gasteiger partial charge in [0.05, 0.1) is 0 Å². The Morgan fingerprint density at radius 1 is 1.32 bits per heavy atom. The number of benzene rings is 1. The van der Waals surface area contributed by atoms with Crippen molar-refractivity contribution in [3.05, 3.63) is 39.7 Å². The number of rotatable bonds is 4. The normalized spacial score (nSPS) is 11.2. The Balaban J connectivity index is 1.96. The van der Waals surface area contributed by atoms with E-state index in [2.05, 4.69) is 10.2 Å². The molecule has 0 spiro atoms. The van der Waals surface area contributed by atoms with Crippen LogP contribution >= 0.6 is 34.9 Å². The number of phenolic OH excluding ortho intramolecular Hbond substituents is 1. The minimum absolute atomic E-state index is 0.120. The van der Waals surface area contributed by atoms with Gasteiger partial charge in [0.25, 0.3) is 0 Å². The van der Waals surface area contributed by atoms with Crippen molar-refractivity contribution in [1.29, 1.82) is 0 Å². The van der Waals surface area contributed by atoms with Gasteiger partial charge in [-0.1, -0.05) is 34.9 Å². The summed E-state index contributed by atoms with van der Waals surface area (Å²) >= 11 is 4.62. The van der Waals surface area contributed by atoms with Gasteiger partial charge < -0.3 is 9.52 Å². The van der Waals surface area contributed by atoms with Crippen molar-refractivity contribution < 1.29 is 9.52 Å².